The molecule has 0 N–H and O–H groups in total. The van der Waals surface area contributed by atoms with Crippen LogP contribution in [-0.2, 0) is 27.2 Å². The molecule has 0 spiro atoms. The summed E-state index contributed by atoms with van der Waals surface area (Å²) < 4.78 is 0. The molecular formula is C4H8AuO. The van der Waals surface area contributed by atoms with Crippen LogP contribution in [-0.4, -0.2) is 5.78 Å². The third-order valence-corrected chi connectivity index (χ3v) is 0.498. The molecule has 2 heteroatoms. The van der Waals surface area contributed by atoms with E-state index in [9.17, 15) is 4.79 Å². The van der Waals surface area contributed by atoms with Gasteiger partial charge in [0.15, 0.2) is 0 Å². The third kappa shape index (κ3) is 8.83. The maximum Gasteiger partial charge on any atom is 0.129 e. The molecule has 0 heterocycles. The molecular weight excluding hydrogens is 261 g/mol. The molecule has 0 fully saturated rings. The summed E-state index contributed by atoms with van der Waals surface area (Å²) >= 11 is 0. The van der Waals surface area contributed by atoms with Gasteiger partial charge in [-0.1, -0.05) is 6.92 Å². The number of rotatable bonds is 1. The minimum atomic E-state index is 0. The number of ketones is 1. The first kappa shape index (κ1) is 9.65. The molecule has 1 radical (unpaired) electrons. The molecule has 0 atom stereocenters. The summed E-state index contributed by atoms with van der Waals surface area (Å²) in [5, 5.41) is 0. The van der Waals surface area contributed by atoms with E-state index < -0.39 is 0 Å². The van der Waals surface area contributed by atoms with Crippen molar-refractivity contribution in [2.24, 2.45) is 0 Å². The van der Waals surface area contributed by atoms with Gasteiger partial charge in [-0.25, -0.2) is 0 Å². The predicted molar refractivity (Wildman–Crippen MR) is 21.0 cm³/mol. The van der Waals surface area contributed by atoms with E-state index in [1.165, 1.54) is 0 Å². The average molecular weight is 269 g/mol. The van der Waals surface area contributed by atoms with Crippen molar-refractivity contribution in [1.82, 2.24) is 0 Å². The predicted octanol–water partition coefficient (Wildman–Crippen LogP) is 0.983. The van der Waals surface area contributed by atoms with Crippen molar-refractivity contribution < 1.29 is 27.2 Å². The average Bonchev–Trinajstić information content (AvgIpc) is 1.38. The quantitative estimate of drug-likeness (QED) is 0.649. The summed E-state index contributed by atoms with van der Waals surface area (Å²) in [4.78, 5) is 9.81. The zero-order valence-corrected chi connectivity index (χ0v) is 6.08. The molecule has 0 aromatic carbocycles. The van der Waals surface area contributed by atoms with E-state index in [0.717, 1.165) is 0 Å². The molecule has 0 rings (SSSR count). The Bertz CT molecular complexity index is 42.8. The second-order valence-electron chi connectivity index (χ2n) is 1.06. The molecule has 0 aliphatic carbocycles. The minimum absolute atomic E-state index is 0. The Hall–Kier alpha value is 0.410. The summed E-state index contributed by atoms with van der Waals surface area (Å²) in [6.07, 6.45) is 0.667. The molecule has 41 valence electrons. The Morgan fingerprint density at radius 2 is 1.83 bits per heavy atom. The second-order valence-corrected chi connectivity index (χ2v) is 1.06. The van der Waals surface area contributed by atoms with Crippen molar-refractivity contribution in [2.45, 2.75) is 20.3 Å². The smallest absolute Gasteiger partial charge is 0.129 e. The van der Waals surface area contributed by atoms with E-state index in [2.05, 4.69) is 0 Å². The number of hydrogen-bond donors (Lipinski definition) is 0. The van der Waals surface area contributed by atoms with Gasteiger partial charge < -0.3 is 4.79 Å². The van der Waals surface area contributed by atoms with E-state index in [4.69, 9.17) is 0 Å². The summed E-state index contributed by atoms with van der Waals surface area (Å²) in [5.41, 5.74) is 0. The first-order valence-corrected chi connectivity index (χ1v) is 1.76. The normalized spacial score (nSPS) is 6.33. The van der Waals surface area contributed by atoms with Gasteiger partial charge in [0.05, 0.1) is 0 Å². The molecule has 0 saturated heterocycles. The SMILES string of the molecule is CCC(C)=O.[Au]. The van der Waals surface area contributed by atoms with Gasteiger partial charge in [0, 0.05) is 28.8 Å². The van der Waals surface area contributed by atoms with Crippen molar-refractivity contribution in [3.63, 3.8) is 0 Å². The Balaban J connectivity index is 0. The topological polar surface area (TPSA) is 17.1 Å². The molecule has 0 unspecified atom stereocenters. The van der Waals surface area contributed by atoms with Gasteiger partial charge in [0.2, 0.25) is 0 Å². The van der Waals surface area contributed by atoms with E-state index in [-0.39, 0.29) is 28.2 Å². The maximum atomic E-state index is 9.81. The molecule has 1 nitrogen and oxygen atoms in total. The van der Waals surface area contributed by atoms with E-state index in [0.29, 0.717) is 6.42 Å². The summed E-state index contributed by atoms with van der Waals surface area (Å²) in [6.45, 7) is 3.43. The first-order valence-electron chi connectivity index (χ1n) is 1.76. The van der Waals surface area contributed by atoms with Crippen LogP contribution >= 0.6 is 0 Å². The minimum Gasteiger partial charge on any atom is -0.300 e. The number of hydrogen-bond acceptors (Lipinski definition) is 1. The zero-order valence-electron chi connectivity index (χ0n) is 3.92. The summed E-state index contributed by atoms with van der Waals surface area (Å²) in [5.74, 6) is 0.255. The van der Waals surface area contributed by atoms with Gasteiger partial charge >= 0.3 is 0 Å². The van der Waals surface area contributed by atoms with Crippen molar-refractivity contribution >= 4 is 5.78 Å². The van der Waals surface area contributed by atoms with Crippen LogP contribution in [0.5, 0.6) is 0 Å². The van der Waals surface area contributed by atoms with Crippen LogP contribution in [0.2, 0.25) is 0 Å². The molecule has 0 aliphatic heterocycles. The largest absolute Gasteiger partial charge is 0.300 e. The molecule has 0 aromatic rings. The van der Waals surface area contributed by atoms with Crippen LogP contribution in [0.15, 0.2) is 0 Å². The van der Waals surface area contributed by atoms with Crippen molar-refractivity contribution in [3.05, 3.63) is 0 Å². The molecule has 0 bridgehead atoms. The fourth-order valence-corrected chi connectivity index (χ4v) is 0. The Morgan fingerprint density at radius 3 is 1.83 bits per heavy atom. The van der Waals surface area contributed by atoms with Crippen LogP contribution in [0, 0.1) is 0 Å². The van der Waals surface area contributed by atoms with Gasteiger partial charge in [0.25, 0.3) is 0 Å². The van der Waals surface area contributed by atoms with Gasteiger partial charge in [-0.2, -0.15) is 0 Å². The molecule has 0 saturated carbocycles. The maximum absolute atomic E-state index is 9.81. The molecule has 0 aliphatic rings. The zero-order chi connectivity index (χ0) is 4.28. The third-order valence-electron chi connectivity index (χ3n) is 0.498. The van der Waals surface area contributed by atoms with Crippen molar-refractivity contribution in [3.8, 4) is 0 Å². The first-order chi connectivity index (χ1) is 2.27. The van der Waals surface area contributed by atoms with Crippen LogP contribution in [0.1, 0.15) is 20.3 Å². The fraction of sp³-hybridized carbons (Fsp3) is 0.750. The Labute approximate surface area is 53.6 Å². The van der Waals surface area contributed by atoms with Crippen molar-refractivity contribution in [2.75, 3.05) is 0 Å². The Morgan fingerprint density at radius 1 is 1.67 bits per heavy atom. The van der Waals surface area contributed by atoms with Crippen LogP contribution in [0.25, 0.3) is 0 Å². The van der Waals surface area contributed by atoms with Gasteiger partial charge in [-0.3, -0.25) is 0 Å². The standard InChI is InChI=1S/C4H8O.Au/c1-3-4(2)5;/h3H2,1-2H3;. The van der Waals surface area contributed by atoms with Crippen LogP contribution < -0.4 is 0 Å². The second kappa shape index (κ2) is 5.41. The number of carbonyl (C=O) groups excluding carboxylic acids is 1. The fourth-order valence-electron chi connectivity index (χ4n) is 0. The van der Waals surface area contributed by atoms with Gasteiger partial charge in [0.1, 0.15) is 5.78 Å². The summed E-state index contributed by atoms with van der Waals surface area (Å²) in [6, 6.07) is 0. The number of carbonyl (C=O) groups is 1. The Kier molecular flexibility index (Phi) is 8.70. The van der Waals surface area contributed by atoms with E-state index in [1.807, 2.05) is 6.92 Å². The van der Waals surface area contributed by atoms with E-state index in [1.54, 1.807) is 6.92 Å². The molecule has 0 amide bonds. The van der Waals surface area contributed by atoms with Crippen LogP contribution in [0.4, 0.5) is 0 Å². The van der Waals surface area contributed by atoms with Gasteiger partial charge in [-0.15, -0.1) is 0 Å². The van der Waals surface area contributed by atoms with E-state index >= 15 is 0 Å². The molecule has 6 heavy (non-hydrogen) atoms. The number of Topliss-reactive ketones (excluding diaryl/α,β-unsaturated/α-hetero) is 1. The molecule has 0 aromatic heterocycles. The van der Waals surface area contributed by atoms with Crippen molar-refractivity contribution in [1.29, 1.82) is 0 Å². The van der Waals surface area contributed by atoms with Crippen LogP contribution in [0.3, 0.4) is 0 Å². The summed E-state index contributed by atoms with van der Waals surface area (Å²) in [7, 11) is 0. The van der Waals surface area contributed by atoms with Gasteiger partial charge in [-0.05, 0) is 6.92 Å². The monoisotopic (exact) mass is 269 g/mol.